The molecule has 0 saturated carbocycles. The summed E-state index contributed by atoms with van der Waals surface area (Å²) in [6.45, 7) is 3.46. The summed E-state index contributed by atoms with van der Waals surface area (Å²) in [6.07, 6.45) is 1.42. The predicted octanol–water partition coefficient (Wildman–Crippen LogP) is 4.00. The summed E-state index contributed by atoms with van der Waals surface area (Å²) in [5.74, 6) is 1.33. The Kier molecular flexibility index (Phi) is 5.99. The van der Waals surface area contributed by atoms with Crippen molar-refractivity contribution in [3.05, 3.63) is 76.6 Å². The summed E-state index contributed by atoms with van der Waals surface area (Å²) in [7, 11) is 0. The first kappa shape index (κ1) is 20.0. The van der Waals surface area contributed by atoms with E-state index in [1.807, 2.05) is 55.5 Å². The van der Waals surface area contributed by atoms with E-state index in [4.69, 9.17) is 21.1 Å². The summed E-state index contributed by atoms with van der Waals surface area (Å²) < 4.78 is 11.2. The fourth-order valence-electron chi connectivity index (χ4n) is 3.07. The van der Waals surface area contributed by atoms with Gasteiger partial charge >= 0.3 is 0 Å². The third-order valence-corrected chi connectivity index (χ3v) is 4.94. The summed E-state index contributed by atoms with van der Waals surface area (Å²) >= 11 is 6.18. The molecule has 0 saturated heterocycles. The molecule has 1 atom stereocenters. The lowest BCUT2D eigenvalue weighted by atomic mass is 10.1. The number of ether oxygens (including phenoxy) is 2. The summed E-state index contributed by atoms with van der Waals surface area (Å²) in [4.78, 5) is 21.2. The minimum atomic E-state index is -0.382. The second-order valence-corrected chi connectivity index (χ2v) is 7.23. The van der Waals surface area contributed by atoms with Crippen molar-refractivity contribution in [3.63, 3.8) is 0 Å². The molecule has 2 aromatic carbocycles. The van der Waals surface area contributed by atoms with Gasteiger partial charge in [-0.05, 0) is 30.2 Å². The third-order valence-electron chi connectivity index (χ3n) is 4.67. The topological polar surface area (TPSA) is 85.4 Å². The van der Waals surface area contributed by atoms with E-state index >= 15 is 0 Å². The lowest BCUT2D eigenvalue weighted by Crippen LogP contribution is -2.28. The van der Waals surface area contributed by atoms with Gasteiger partial charge in [-0.2, -0.15) is 0 Å². The van der Waals surface area contributed by atoms with Crippen LogP contribution in [-0.4, -0.2) is 29.1 Å². The molecule has 0 aliphatic carbocycles. The van der Waals surface area contributed by atoms with Crippen LogP contribution in [0.25, 0.3) is 0 Å². The minimum Gasteiger partial charge on any atom is -0.486 e. The molecule has 1 aliphatic heterocycles. The van der Waals surface area contributed by atoms with E-state index in [9.17, 15) is 4.79 Å². The van der Waals surface area contributed by atoms with Gasteiger partial charge in [-0.15, -0.1) is 0 Å². The number of halogens is 1. The van der Waals surface area contributed by atoms with Gasteiger partial charge in [0.1, 0.15) is 13.2 Å². The van der Waals surface area contributed by atoms with Crippen LogP contribution in [0.1, 0.15) is 34.6 Å². The largest absolute Gasteiger partial charge is 0.486 e. The van der Waals surface area contributed by atoms with Gasteiger partial charge in [-0.3, -0.25) is 4.79 Å². The molecule has 154 valence electrons. The third kappa shape index (κ3) is 4.63. The minimum absolute atomic E-state index is 0.117. The van der Waals surface area contributed by atoms with E-state index in [1.54, 1.807) is 0 Å². The van der Waals surface area contributed by atoms with Gasteiger partial charge in [0.25, 0.3) is 5.91 Å². The van der Waals surface area contributed by atoms with Crippen molar-refractivity contribution in [2.24, 2.45) is 0 Å². The average Bonchev–Trinajstić information content (AvgIpc) is 2.78. The molecule has 0 bridgehead atoms. The zero-order chi connectivity index (χ0) is 20.9. The van der Waals surface area contributed by atoms with Crippen molar-refractivity contribution in [1.29, 1.82) is 0 Å². The number of carbonyl (C=O) groups excluding carboxylic acids is 1. The molecule has 1 amide bonds. The number of hydrogen-bond acceptors (Lipinski definition) is 6. The van der Waals surface area contributed by atoms with E-state index in [2.05, 4.69) is 20.6 Å². The van der Waals surface area contributed by atoms with Gasteiger partial charge in [0.2, 0.25) is 5.95 Å². The van der Waals surface area contributed by atoms with Crippen molar-refractivity contribution in [3.8, 4) is 11.5 Å². The number of hydrogen-bond donors (Lipinski definition) is 2. The normalized spacial score (nSPS) is 13.4. The summed E-state index contributed by atoms with van der Waals surface area (Å²) in [5.41, 5.74) is 2.08. The number of amides is 1. The highest BCUT2D eigenvalue weighted by atomic mass is 35.5. The number of aromatic nitrogens is 2. The fraction of sp³-hybridized carbons (Fsp3) is 0.227. The van der Waals surface area contributed by atoms with Crippen LogP contribution in [-0.2, 0) is 6.54 Å². The number of rotatable bonds is 6. The number of nitrogens with one attached hydrogen (secondary N) is 2. The van der Waals surface area contributed by atoms with Gasteiger partial charge < -0.3 is 20.1 Å². The van der Waals surface area contributed by atoms with Crippen molar-refractivity contribution >= 4 is 23.5 Å². The quantitative estimate of drug-likeness (QED) is 0.622. The highest BCUT2D eigenvalue weighted by molar-refractivity contribution is 6.33. The lowest BCUT2D eigenvalue weighted by molar-refractivity contribution is 0.0934. The fourth-order valence-corrected chi connectivity index (χ4v) is 3.24. The molecule has 1 aromatic heterocycles. The van der Waals surface area contributed by atoms with E-state index in [-0.39, 0.29) is 22.7 Å². The highest BCUT2D eigenvalue weighted by Gasteiger charge is 2.19. The Balaban J connectivity index is 1.44. The Morgan fingerprint density at radius 3 is 2.70 bits per heavy atom. The van der Waals surface area contributed by atoms with Crippen molar-refractivity contribution in [2.75, 3.05) is 18.5 Å². The van der Waals surface area contributed by atoms with E-state index < -0.39 is 0 Å². The van der Waals surface area contributed by atoms with Crippen LogP contribution in [0.15, 0.2) is 54.7 Å². The molecule has 3 aromatic rings. The van der Waals surface area contributed by atoms with Crippen molar-refractivity contribution in [1.82, 2.24) is 15.3 Å². The second-order valence-electron chi connectivity index (χ2n) is 6.83. The Morgan fingerprint density at radius 2 is 1.90 bits per heavy atom. The van der Waals surface area contributed by atoms with Crippen LogP contribution in [0.4, 0.5) is 5.95 Å². The SMILES string of the molecule is C[C@@H](NC(=O)c1nc(NCc2ccccc2)ncc1Cl)c1ccc2c(c1)OCCO2. The molecule has 4 rings (SSSR count). The molecule has 30 heavy (non-hydrogen) atoms. The standard InChI is InChI=1S/C22H21ClN4O3/c1-14(16-7-8-18-19(11-16)30-10-9-29-18)26-21(28)20-17(23)13-25-22(27-20)24-12-15-5-3-2-4-6-15/h2-8,11,13-14H,9-10,12H2,1H3,(H,26,28)(H,24,25,27)/t14-/m1/s1. The van der Waals surface area contributed by atoms with Gasteiger partial charge in [0.15, 0.2) is 17.2 Å². The average molecular weight is 425 g/mol. The first-order chi connectivity index (χ1) is 14.6. The summed E-state index contributed by atoms with van der Waals surface area (Å²) in [5, 5.41) is 6.22. The van der Waals surface area contributed by atoms with Crippen molar-refractivity contribution < 1.29 is 14.3 Å². The number of fused-ring (bicyclic) bond motifs is 1. The second kappa shape index (κ2) is 9.00. The van der Waals surface area contributed by atoms with E-state index in [1.165, 1.54) is 6.20 Å². The van der Waals surface area contributed by atoms with Crippen LogP contribution in [0.2, 0.25) is 5.02 Å². The van der Waals surface area contributed by atoms with Crippen LogP contribution < -0.4 is 20.1 Å². The molecular weight excluding hydrogens is 404 g/mol. The molecule has 0 spiro atoms. The lowest BCUT2D eigenvalue weighted by Gasteiger charge is -2.21. The van der Waals surface area contributed by atoms with E-state index in [0.717, 1.165) is 11.1 Å². The molecule has 1 aliphatic rings. The Bertz CT molecular complexity index is 1050. The highest BCUT2D eigenvalue weighted by Crippen LogP contribution is 2.32. The van der Waals surface area contributed by atoms with Crippen LogP contribution in [0.5, 0.6) is 11.5 Å². The number of benzene rings is 2. The van der Waals surface area contributed by atoms with Gasteiger partial charge in [-0.25, -0.2) is 9.97 Å². The Hall–Kier alpha value is -3.32. The van der Waals surface area contributed by atoms with Crippen LogP contribution in [0, 0.1) is 0 Å². The molecule has 0 radical (unpaired) electrons. The molecule has 0 fully saturated rings. The predicted molar refractivity (Wildman–Crippen MR) is 114 cm³/mol. The van der Waals surface area contributed by atoms with Gasteiger partial charge in [0, 0.05) is 6.54 Å². The van der Waals surface area contributed by atoms with Crippen LogP contribution in [0.3, 0.4) is 0 Å². The zero-order valence-electron chi connectivity index (χ0n) is 16.4. The molecule has 7 nitrogen and oxygen atoms in total. The Morgan fingerprint density at radius 1 is 1.13 bits per heavy atom. The van der Waals surface area contributed by atoms with Crippen LogP contribution >= 0.6 is 11.6 Å². The van der Waals surface area contributed by atoms with Gasteiger partial charge in [-0.1, -0.05) is 48.0 Å². The molecule has 8 heteroatoms. The molecule has 2 heterocycles. The smallest absolute Gasteiger partial charge is 0.272 e. The molecule has 0 unspecified atom stereocenters. The maximum absolute atomic E-state index is 12.8. The zero-order valence-corrected chi connectivity index (χ0v) is 17.1. The first-order valence-electron chi connectivity index (χ1n) is 9.61. The van der Waals surface area contributed by atoms with Crippen molar-refractivity contribution in [2.45, 2.75) is 19.5 Å². The molecule has 2 N–H and O–H groups in total. The first-order valence-corrected chi connectivity index (χ1v) is 9.98. The number of carbonyl (C=O) groups is 1. The summed E-state index contributed by atoms with van der Waals surface area (Å²) in [6, 6.07) is 15.2. The molecular formula is C22H21ClN4O3. The Labute approximate surface area is 179 Å². The maximum atomic E-state index is 12.8. The monoisotopic (exact) mass is 424 g/mol. The number of nitrogens with zero attached hydrogens (tertiary/aromatic N) is 2. The van der Waals surface area contributed by atoms with E-state index in [0.29, 0.717) is 37.2 Å². The van der Waals surface area contributed by atoms with Gasteiger partial charge in [0.05, 0.1) is 17.3 Å². The maximum Gasteiger partial charge on any atom is 0.272 e. The number of anilines is 1.